The van der Waals surface area contributed by atoms with Crippen LogP contribution in [-0.4, -0.2) is 26.1 Å². The van der Waals surface area contributed by atoms with Gasteiger partial charge in [-0.3, -0.25) is 14.3 Å². The summed E-state index contributed by atoms with van der Waals surface area (Å²) in [4.78, 5) is 29.8. The molecule has 0 spiro atoms. The van der Waals surface area contributed by atoms with Crippen molar-refractivity contribution in [1.29, 1.82) is 0 Å². The first-order chi connectivity index (χ1) is 13.7. The second-order valence-corrected chi connectivity index (χ2v) is 7.97. The quantitative estimate of drug-likeness (QED) is 0.693. The molecule has 2 fully saturated rings. The Bertz CT molecular complexity index is 1070. The van der Waals surface area contributed by atoms with Crippen LogP contribution >= 0.6 is 0 Å². The Labute approximate surface area is 164 Å². The SMILES string of the molecule is Cc1cncc(N2CCCC2c2nc3ccccc3c(=O)n2C2CCCC2)n1. The van der Waals surface area contributed by atoms with Gasteiger partial charge < -0.3 is 4.90 Å². The van der Waals surface area contributed by atoms with Crippen LogP contribution in [0.15, 0.2) is 41.5 Å². The Kier molecular flexibility index (Phi) is 4.34. The lowest BCUT2D eigenvalue weighted by atomic mass is 10.1. The molecule has 1 saturated heterocycles. The maximum atomic E-state index is 13.5. The van der Waals surface area contributed by atoms with Gasteiger partial charge >= 0.3 is 0 Å². The number of aryl methyl sites for hydroxylation is 1. The van der Waals surface area contributed by atoms with Crippen LogP contribution < -0.4 is 10.5 Å². The minimum Gasteiger partial charge on any atom is -0.345 e. The molecular weight excluding hydrogens is 350 g/mol. The van der Waals surface area contributed by atoms with Gasteiger partial charge in [-0.2, -0.15) is 0 Å². The summed E-state index contributed by atoms with van der Waals surface area (Å²) in [6, 6.07) is 8.05. The van der Waals surface area contributed by atoms with Crippen molar-refractivity contribution in [3.05, 3.63) is 58.5 Å². The lowest BCUT2D eigenvalue weighted by molar-refractivity contribution is 0.454. The molecule has 1 unspecified atom stereocenters. The van der Waals surface area contributed by atoms with Gasteiger partial charge in [0, 0.05) is 18.8 Å². The highest BCUT2D eigenvalue weighted by Crippen LogP contribution is 2.37. The standard InChI is InChI=1S/C22H25N5O/c1-15-13-23-14-20(24-15)26-12-6-11-19(26)21-25-18-10-5-4-9-17(18)22(28)27(21)16-7-2-3-8-16/h4-5,9-10,13-14,16,19H,2-3,6-8,11-12H2,1H3. The van der Waals surface area contributed by atoms with Gasteiger partial charge in [0.1, 0.15) is 11.6 Å². The lowest BCUT2D eigenvalue weighted by Crippen LogP contribution is -2.34. The van der Waals surface area contributed by atoms with Gasteiger partial charge in [0.05, 0.1) is 28.8 Å². The van der Waals surface area contributed by atoms with Gasteiger partial charge in [-0.25, -0.2) is 9.97 Å². The number of para-hydroxylation sites is 1. The van der Waals surface area contributed by atoms with Crippen molar-refractivity contribution >= 4 is 16.7 Å². The Balaban J connectivity index is 1.68. The van der Waals surface area contributed by atoms with E-state index in [2.05, 4.69) is 9.88 Å². The summed E-state index contributed by atoms with van der Waals surface area (Å²) in [5, 5.41) is 0.720. The smallest absolute Gasteiger partial charge is 0.261 e. The molecule has 1 saturated carbocycles. The third kappa shape index (κ3) is 2.87. The molecule has 6 nitrogen and oxygen atoms in total. The van der Waals surface area contributed by atoms with Crippen molar-refractivity contribution in [3.63, 3.8) is 0 Å². The Morgan fingerprint density at radius 3 is 2.64 bits per heavy atom. The van der Waals surface area contributed by atoms with Crippen molar-refractivity contribution in [2.75, 3.05) is 11.4 Å². The van der Waals surface area contributed by atoms with Crippen LogP contribution in [-0.2, 0) is 0 Å². The number of aromatic nitrogens is 4. The molecule has 2 aliphatic rings. The predicted molar refractivity (Wildman–Crippen MR) is 110 cm³/mol. The number of hydrogen-bond donors (Lipinski definition) is 0. The molecule has 0 bridgehead atoms. The highest BCUT2D eigenvalue weighted by Gasteiger charge is 2.33. The molecule has 3 aromatic rings. The monoisotopic (exact) mass is 375 g/mol. The molecule has 0 radical (unpaired) electrons. The molecule has 1 atom stereocenters. The summed E-state index contributed by atoms with van der Waals surface area (Å²) in [6.45, 7) is 2.88. The number of hydrogen-bond acceptors (Lipinski definition) is 5. The summed E-state index contributed by atoms with van der Waals surface area (Å²) in [5.74, 6) is 1.78. The van der Waals surface area contributed by atoms with E-state index in [0.717, 1.165) is 60.5 Å². The van der Waals surface area contributed by atoms with Crippen LogP contribution in [0.4, 0.5) is 5.82 Å². The van der Waals surface area contributed by atoms with Gasteiger partial charge in [0.15, 0.2) is 0 Å². The fourth-order valence-corrected chi connectivity index (χ4v) is 4.81. The van der Waals surface area contributed by atoms with E-state index in [4.69, 9.17) is 9.97 Å². The van der Waals surface area contributed by atoms with Crippen molar-refractivity contribution in [1.82, 2.24) is 19.5 Å². The van der Waals surface area contributed by atoms with Crippen molar-refractivity contribution in [2.24, 2.45) is 0 Å². The maximum absolute atomic E-state index is 13.5. The predicted octanol–water partition coefficient (Wildman–Crippen LogP) is 3.95. The number of nitrogens with zero attached hydrogens (tertiary/aromatic N) is 5. The van der Waals surface area contributed by atoms with Crippen LogP contribution in [0.2, 0.25) is 0 Å². The van der Waals surface area contributed by atoms with E-state index < -0.39 is 0 Å². The minimum absolute atomic E-state index is 0.0639. The van der Waals surface area contributed by atoms with Gasteiger partial charge in [-0.05, 0) is 44.7 Å². The highest BCUT2D eigenvalue weighted by atomic mass is 16.1. The molecule has 5 rings (SSSR count). The normalized spacial score (nSPS) is 20.3. The van der Waals surface area contributed by atoms with Crippen LogP contribution in [0.3, 0.4) is 0 Å². The lowest BCUT2D eigenvalue weighted by Gasteiger charge is -2.29. The first kappa shape index (κ1) is 17.3. The molecule has 144 valence electrons. The van der Waals surface area contributed by atoms with Crippen LogP contribution in [0.25, 0.3) is 10.9 Å². The molecule has 2 aromatic heterocycles. The number of benzene rings is 1. The summed E-state index contributed by atoms with van der Waals surface area (Å²) < 4.78 is 2.02. The second kappa shape index (κ2) is 7.00. The molecule has 28 heavy (non-hydrogen) atoms. The van der Waals surface area contributed by atoms with Gasteiger partial charge in [0.25, 0.3) is 5.56 Å². The van der Waals surface area contributed by atoms with E-state index in [0.29, 0.717) is 0 Å². The Morgan fingerprint density at radius 1 is 1.00 bits per heavy atom. The zero-order valence-electron chi connectivity index (χ0n) is 16.2. The first-order valence-electron chi connectivity index (χ1n) is 10.3. The van der Waals surface area contributed by atoms with Gasteiger partial charge in [-0.1, -0.05) is 25.0 Å². The fraction of sp³-hybridized carbons (Fsp3) is 0.455. The van der Waals surface area contributed by atoms with E-state index in [1.54, 1.807) is 6.20 Å². The number of fused-ring (bicyclic) bond motifs is 1. The zero-order valence-corrected chi connectivity index (χ0v) is 16.2. The van der Waals surface area contributed by atoms with Gasteiger partial charge in [-0.15, -0.1) is 0 Å². The topological polar surface area (TPSA) is 63.9 Å². The minimum atomic E-state index is 0.0639. The summed E-state index contributed by atoms with van der Waals surface area (Å²) in [6.07, 6.45) is 10.1. The summed E-state index contributed by atoms with van der Waals surface area (Å²) in [7, 11) is 0. The maximum Gasteiger partial charge on any atom is 0.261 e. The summed E-state index contributed by atoms with van der Waals surface area (Å²) in [5.41, 5.74) is 1.80. The number of rotatable bonds is 3. The Morgan fingerprint density at radius 2 is 1.82 bits per heavy atom. The fourth-order valence-electron chi connectivity index (χ4n) is 4.81. The average Bonchev–Trinajstić information content (AvgIpc) is 3.40. The van der Waals surface area contributed by atoms with E-state index in [1.165, 1.54) is 12.8 Å². The molecule has 0 N–H and O–H groups in total. The van der Waals surface area contributed by atoms with Crippen molar-refractivity contribution in [3.8, 4) is 0 Å². The highest BCUT2D eigenvalue weighted by molar-refractivity contribution is 5.77. The third-order valence-corrected chi connectivity index (χ3v) is 6.11. The van der Waals surface area contributed by atoms with Crippen LogP contribution in [0.5, 0.6) is 0 Å². The van der Waals surface area contributed by atoms with Crippen LogP contribution in [0.1, 0.15) is 62.1 Å². The molecule has 1 aromatic carbocycles. The molecular formula is C22H25N5O. The van der Waals surface area contributed by atoms with E-state index in [-0.39, 0.29) is 17.6 Å². The average molecular weight is 375 g/mol. The zero-order chi connectivity index (χ0) is 19.1. The summed E-state index contributed by atoms with van der Waals surface area (Å²) >= 11 is 0. The molecule has 3 heterocycles. The molecule has 6 heteroatoms. The largest absolute Gasteiger partial charge is 0.345 e. The molecule has 1 aliphatic heterocycles. The van der Waals surface area contributed by atoms with Crippen molar-refractivity contribution < 1.29 is 0 Å². The third-order valence-electron chi connectivity index (χ3n) is 6.11. The Hall–Kier alpha value is -2.76. The van der Waals surface area contributed by atoms with Gasteiger partial charge in [0.2, 0.25) is 0 Å². The van der Waals surface area contributed by atoms with Crippen LogP contribution in [0, 0.1) is 6.92 Å². The number of anilines is 1. The molecule has 1 aliphatic carbocycles. The molecule has 0 amide bonds. The van der Waals surface area contributed by atoms with E-state index in [9.17, 15) is 4.79 Å². The van der Waals surface area contributed by atoms with Crippen molar-refractivity contribution in [2.45, 2.75) is 57.5 Å². The van der Waals surface area contributed by atoms with E-state index >= 15 is 0 Å². The second-order valence-electron chi connectivity index (χ2n) is 7.97. The first-order valence-corrected chi connectivity index (χ1v) is 10.3. The van der Waals surface area contributed by atoms with E-state index in [1.807, 2.05) is 42.0 Å².